The number of sulfonamides is 1. The van der Waals surface area contributed by atoms with E-state index in [1.165, 1.54) is 30.5 Å². The highest BCUT2D eigenvalue weighted by molar-refractivity contribution is 7.89. The maximum atomic E-state index is 13.7. The Morgan fingerprint density at radius 3 is 2.35 bits per heavy atom. The molecule has 0 unspecified atom stereocenters. The number of rotatable bonds is 4. The van der Waals surface area contributed by atoms with Gasteiger partial charge >= 0.3 is 0 Å². The van der Waals surface area contributed by atoms with Crippen molar-refractivity contribution in [2.24, 2.45) is 16.1 Å². The van der Waals surface area contributed by atoms with Crippen LogP contribution in [0.2, 0.25) is 0 Å². The third kappa shape index (κ3) is 4.26. The first-order valence-electron chi connectivity index (χ1n) is 10.3. The number of hydrogen-bond donors (Lipinski definition) is 2. The number of aliphatic imine (C=N–C) groups is 1. The lowest BCUT2D eigenvalue weighted by atomic mass is 9.68. The lowest BCUT2D eigenvalue weighted by Crippen LogP contribution is -2.51. The zero-order valence-electron chi connectivity index (χ0n) is 17.8. The molecule has 1 aliphatic heterocycles. The van der Waals surface area contributed by atoms with E-state index in [-0.39, 0.29) is 25.9 Å². The Labute approximate surface area is 193 Å². The number of halogens is 4. The van der Waals surface area contributed by atoms with E-state index >= 15 is 0 Å². The first-order valence-corrected chi connectivity index (χ1v) is 11.8. The normalized spacial score (nSPS) is 23.7. The smallest absolute Gasteiger partial charge is 0.243 e. The molecule has 1 aliphatic carbocycles. The molecule has 0 radical (unpaired) electrons. The SMILES string of the molecule is N/C=C1/C[C@]2(CO)CN(S(=O)(=O)c3cc(F)c(F)c(F)c3)CCC2=CC1=Nc1ccc(F)cc1. The molecule has 2 aromatic carbocycles. The number of allylic oxidation sites excluding steroid dienone is 2. The van der Waals surface area contributed by atoms with Crippen LogP contribution in [0, 0.1) is 28.7 Å². The summed E-state index contributed by atoms with van der Waals surface area (Å²) in [5.41, 5.74) is 7.05. The second-order valence-electron chi connectivity index (χ2n) is 8.24. The first-order chi connectivity index (χ1) is 16.1. The molecule has 0 spiro atoms. The van der Waals surface area contributed by atoms with Crippen molar-refractivity contribution in [3.8, 4) is 0 Å². The Bertz CT molecular complexity index is 1300. The highest BCUT2D eigenvalue weighted by atomic mass is 32.2. The minimum absolute atomic E-state index is 0.0258. The topological polar surface area (TPSA) is 96.0 Å². The zero-order valence-corrected chi connectivity index (χ0v) is 18.6. The summed E-state index contributed by atoms with van der Waals surface area (Å²) in [6.07, 6.45) is 3.41. The third-order valence-electron chi connectivity index (χ3n) is 6.13. The van der Waals surface area contributed by atoms with Crippen LogP contribution in [0.5, 0.6) is 0 Å². The average molecular weight is 495 g/mol. The number of benzene rings is 2. The summed E-state index contributed by atoms with van der Waals surface area (Å²) < 4.78 is 81.1. The largest absolute Gasteiger partial charge is 0.404 e. The van der Waals surface area contributed by atoms with Gasteiger partial charge in [-0.1, -0.05) is 5.57 Å². The Kier molecular flexibility index (Phi) is 6.36. The van der Waals surface area contributed by atoms with Crippen LogP contribution in [-0.4, -0.2) is 43.2 Å². The summed E-state index contributed by atoms with van der Waals surface area (Å²) in [6.45, 7) is -0.625. The van der Waals surface area contributed by atoms with Gasteiger partial charge in [-0.05, 0) is 67.1 Å². The summed E-state index contributed by atoms with van der Waals surface area (Å²) >= 11 is 0. The van der Waals surface area contributed by atoms with Crippen molar-refractivity contribution < 1.29 is 31.1 Å². The number of aliphatic hydroxyl groups excluding tert-OH is 1. The number of aliphatic hydroxyl groups is 1. The molecule has 1 atom stereocenters. The van der Waals surface area contributed by atoms with Gasteiger partial charge in [0.05, 0.1) is 22.9 Å². The Hall–Kier alpha value is -3.02. The van der Waals surface area contributed by atoms with Crippen molar-refractivity contribution in [1.82, 2.24) is 4.31 Å². The summed E-state index contributed by atoms with van der Waals surface area (Å²) in [7, 11) is -4.38. The van der Waals surface area contributed by atoms with Crippen LogP contribution in [0.3, 0.4) is 0 Å². The lowest BCUT2D eigenvalue weighted by Gasteiger charge is -2.45. The van der Waals surface area contributed by atoms with Crippen LogP contribution in [0.15, 0.2) is 69.7 Å². The first kappa shape index (κ1) is 24.1. The minimum atomic E-state index is -4.38. The number of nitrogens with two attached hydrogens (primary N) is 1. The number of hydrogen-bond acceptors (Lipinski definition) is 5. The quantitative estimate of drug-likeness (QED) is 0.501. The maximum Gasteiger partial charge on any atom is 0.243 e. The van der Waals surface area contributed by atoms with Crippen molar-refractivity contribution in [2.75, 3.05) is 19.7 Å². The van der Waals surface area contributed by atoms with E-state index in [2.05, 4.69) is 4.99 Å². The Morgan fingerprint density at radius 2 is 1.76 bits per heavy atom. The molecule has 0 aromatic heterocycles. The van der Waals surface area contributed by atoms with Gasteiger partial charge in [0.1, 0.15) is 5.82 Å². The highest BCUT2D eigenvalue weighted by Gasteiger charge is 2.46. The second-order valence-corrected chi connectivity index (χ2v) is 10.2. The Morgan fingerprint density at radius 1 is 1.12 bits per heavy atom. The van der Waals surface area contributed by atoms with E-state index in [0.717, 1.165) is 9.88 Å². The highest BCUT2D eigenvalue weighted by Crippen LogP contribution is 2.45. The molecule has 4 rings (SSSR count). The lowest BCUT2D eigenvalue weighted by molar-refractivity contribution is 0.111. The molecular formula is C23H21F4N3O3S. The van der Waals surface area contributed by atoms with Crippen LogP contribution >= 0.6 is 0 Å². The van der Waals surface area contributed by atoms with Gasteiger partial charge in [-0.3, -0.25) is 0 Å². The molecule has 1 saturated heterocycles. The molecular weight excluding hydrogens is 474 g/mol. The number of piperidine rings is 1. The van der Waals surface area contributed by atoms with Gasteiger partial charge in [-0.2, -0.15) is 4.31 Å². The van der Waals surface area contributed by atoms with E-state index < -0.39 is 50.2 Å². The van der Waals surface area contributed by atoms with E-state index in [0.29, 0.717) is 29.1 Å². The molecule has 2 aliphatic rings. The number of nitrogens with zero attached hydrogens (tertiary/aromatic N) is 2. The zero-order chi connectivity index (χ0) is 24.7. The summed E-state index contributed by atoms with van der Waals surface area (Å²) in [5.74, 6) is -5.39. The van der Waals surface area contributed by atoms with Crippen LogP contribution in [-0.2, 0) is 10.0 Å². The average Bonchev–Trinajstić information content (AvgIpc) is 2.82. The van der Waals surface area contributed by atoms with Gasteiger partial charge in [-0.15, -0.1) is 0 Å². The fourth-order valence-corrected chi connectivity index (χ4v) is 5.83. The van der Waals surface area contributed by atoms with E-state index in [1.807, 2.05) is 0 Å². The molecule has 3 N–H and O–H groups in total. The Balaban J connectivity index is 1.70. The molecule has 180 valence electrons. The van der Waals surface area contributed by atoms with Gasteiger partial charge < -0.3 is 10.8 Å². The van der Waals surface area contributed by atoms with Gasteiger partial charge in [0, 0.05) is 18.5 Å². The van der Waals surface area contributed by atoms with Crippen LogP contribution in [0.1, 0.15) is 12.8 Å². The minimum Gasteiger partial charge on any atom is -0.404 e. The maximum absolute atomic E-state index is 13.7. The van der Waals surface area contributed by atoms with E-state index in [4.69, 9.17) is 5.73 Å². The molecule has 34 heavy (non-hydrogen) atoms. The molecule has 1 heterocycles. The van der Waals surface area contributed by atoms with E-state index in [1.54, 1.807) is 6.08 Å². The molecule has 2 aromatic rings. The molecule has 11 heteroatoms. The predicted octanol–water partition coefficient (Wildman–Crippen LogP) is 3.56. The van der Waals surface area contributed by atoms with Crippen molar-refractivity contribution in [3.05, 3.63) is 83.1 Å². The molecule has 0 amide bonds. The summed E-state index contributed by atoms with van der Waals surface area (Å²) in [4.78, 5) is 3.79. The fourth-order valence-electron chi connectivity index (χ4n) is 4.28. The van der Waals surface area contributed by atoms with Crippen molar-refractivity contribution in [1.29, 1.82) is 0 Å². The van der Waals surface area contributed by atoms with Crippen molar-refractivity contribution >= 4 is 21.4 Å². The van der Waals surface area contributed by atoms with Crippen LogP contribution < -0.4 is 5.73 Å². The van der Waals surface area contributed by atoms with Gasteiger partial charge in [0.2, 0.25) is 10.0 Å². The van der Waals surface area contributed by atoms with Crippen molar-refractivity contribution in [3.63, 3.8) is 0 Å². The van der Waals surface area contributed by atoms with Gasteiger partial charge in [0.15, 0.2) is 17.5 Å². The van der Waals surface area contributed by atoms with Crippen LogP contribution in [0.25, 0.3) is 0 Å². The fraction of sp³-hybridized carbons (Fsp3) is 0.261. The summed E-state index contributed by atoms with van der Waals surface area (Å²) in [5, 5.41) is 10.3. The predicted molar refractivity (Wildman–Crippen MR) is 118 cm³/mol. The third-order valence-corrected chi connectivity index (χ3v) is 7.96. The van der Waals surface area contributed by atoms with Crippen LogP contribution in [0.4, 0.5) is 23.2 Å². The van der Waals surface area contributed by atoms with Gasteiger partial charge in [-0.25, -0.2) is 31.0 Å². The number of fused-ring (bicyclic) bond motifs is 1. The molecule has 1 fully saturated rings. The molecule has 6 nitrogen and oxygen atoms in total. The van der Waals surface area contributed by atoms with Gasteiger partial charge in [0.25, 0.3) is 0 Å². The molecule has 0 bridgehead atoms. The summed E-state index contributed by atoms with van der Waals surface area (Å²) in [6, 6.07) is 6.40. The van der Waals surface area contributed by atoms with E-state index in [9.17, 15) is 31.1 Å². The molecule has 0 saturated carbocycles. The standard InChI is InChI=1S/C23H21F4N3O3S/c24-16-1-3-17(4-2-16)29-21-7-15-5-6-30(12-23(15,13-31)10-14(21)11-28)34(32,33)18-8-19(25)22(27)20(26)9-18/h1-4,7-9,11,31H,5-6,10,12-13,28H2/b14-11-,29-21?/t23-/m1/s1. The van der Waals surface area contributed by atoms with Crippen molar-refractivity contribution in [2.45, 2.75) is 17.7 Å². The second kappa shape index (κ2) is 8.97. The monoisotopic (exact) mass is 495 g/mol.